The molecule has 0 aromatic carbocycles. The molecule has 3 N–H and O–H groups in total. The first kappa shape index (κ1) is 11.9. The van der Waals surface area contributed by atoms with Crippen molar-refractivity contribution in [2.24, 2.45) is 0 Å². The maximum absolute atomic E-state index is 11.5. The first-order chi connectivity index (χ1) is 7.07. The van der Waals surface area contributed by atoms with Crippen molar-refractivity contribution in [2.75, 3.05) is 26.7 Å². The Morgan fingerprint density at radius 1 is 1.60 bits per heavy atom. The molecule has 15 heavy (non-hydrogen) atoms. The van der Waals surface area contributed by atoms with E-state index in [0.29, 0.717) is 19.6 Å². The van der Waals surface area contributed by atoms with E-state index in [1.807, 2.05) is 0 Å². The Bertz CT molecular complexity index is 257. The molecule has 2 atom stereocenters. The summed E-state index contributed by atoms with van der Waals surface area (Å²) in [6.07, 6.45) is 0. The van der Waals surface area contributed by atoms with Crippen molar-refractivity contribution < 1.29 is 14.7 Å². The average Bonchev–Trinajstić information content (AvgIpc) is 2.27. The lowest BCUT2D eigenvalue weighted by Crippen LogP contribution is -2.61. The predicted molar refractivity (Wildman–Crippen MR) is 54.5 cm³/mol. The molecule has 86 valence electrons. The summed E-state index contributed by atoms with van der Waals surface area (Å²) in [5, 5.41) is 14.5. The van der Waals surface area contributed by atoms with Crippen LogP contribution in [0.5, 0.6) is 0 Å². The molecule has 0 spiro atoms. The molecule has 6 heteroatoms. The second-order valence-electron chi connectivity index (χ2n) is 3.59. The minimum atomic E-state index is -0.897. The van der Waals surface area contributed by atoms with Crippen LogP contribution < -0.4 is 10.6 Å². The third-order valence-corrected chi connectivity index (χ3v) is 2.69. The Morgan fingerprint density at radius 3 is 2.80 bits per heavy atom. The van der Waals surface area contributed by atoms with Crippen LogP contribution in [0.3, 0.4) is 0 Å². The fourth-order valence-electron chi connectivity index (χ4n) is 1.74. The van der Waals surface area contributed by atoms with Crippen LogP contribution in [0.4, 0.5) is 0 Å². The molecule has 2 unspecified atom stereocenters. The number of rotatable bonds is 3. The Balaban J connectivity index is 2.73. The summed E-state index contributed by atoms with van der Waals surface area (Å²) < 4.78 is 0. The maximum atomic E-state index is 11.5. The lowest BCUT2D eigenvalue weighted by atomic mass is 10.1. The number of hydrogen-bond acceptors (Lipinski definition) is 4. The Labute approximate surface area is 88.6 Å². The topological polar surface area (TPSA) is 81.7 Å². The number of likely N-dealkylation sites (N-methyl/N-ethyl adjacent to an activating group) is 1. The van der Waals surface area contributed by atoms with Gasteiger partial charge in [0.25, 0.3) is 0 Å². The van der Waals surface area contributed by atoms with Crippen LogP contribution in [0.2, 0.25) is 0 Å². The summed E-state index contributed by atoms with van der Waals surface area (Å²) in [6.45, 7) is 3.39. The van der Waals surface area contributed by atoms with Gasteiger partial charge in [0.2, 0.25) is 5.91 Å². The summed E-state index contributed by atoms with van der Waals surface area (Å²) in [5.74, 6) is -1.04. The molecule has 0 aliphatic carbocycles. The zero-order valence-corrected chi connectivity index (χ0v) is 8.99. The van der Waals surface area contributed by atoms with E-state index >= 15 is 0 Å². The van der Waals surface area contributed by atoms with Crippen molar-refractivity contribution in [3.05, 3.63) is 0 Å². The van der Waals surface area contributed by atoms with E-state index in [-0.39, 0.29) is 5.91 Å². The standard InChI is InChI=1S/C9H17N3O3/c1-6(9(14)15)12-4-3-11-5-7(12)8(13)10-2/h6-7,11H,3-5H2,1-2H3,(H,10,13)(H,14,15). The highest BCUT2D eigenvalue weighted by atomic mass is 16.4. The van der Waals surface area contributed by atoms with Crippen LogP contribution in [-0.4, -0.2) is 60.6 Å². The van der Waals surface area contributed by atoms with Crippen LogP contribution in [-0.2, 0) is 9.59 Å². The molecule has 1 fully saturated rings. The van der Waals surface area contributed by atoms with E-state index < -0.39 is 18.1 Å². The van der Waals surface area contributed by atoms with Crippen molar-refractivity contribution in [3.8, 4) is 0 Å². The molecule has 0 radical (unpaired) electrons. The fourth-order valence-corrected chi connectivity index (χ4v) is 1.74. The minimum absolute atomic E-state index is 0.143. The highest BCUT2D eigenvalue weighted by Crippen LogP contribution is 2.08. The van der Waals surface area contributed by atoms with Gasteiger partial charge >= 0.3 is 5.97 Å². The molecule has 1 aliphatic rings. The molecule has 1 amide bonds. The van der Waals surface area contributed by atoms with Crippen LogP contribution in [0.1, 0.15) is 6.92 Å². The van der Waals surface area contributed by atoms with Gasteiger partial charge in [-0.15, -0.1) is 0 Å². The van der Waals surface area contributed by atoms with Gasteiger partial charge in [-0.3, -0.25) is 14.5 Å². The summed E-state index contributed by atoms with van der Waals surface area (Å²) in [5.41, 5.74) is 0. The second kappa shape index (κ2) is 5.09. The third-order valence-electron chi connectivity index (χ3n) is 2.69. The van der Waals surface area contributed by atoms with Crippen LogP contribution in [0.15, 0.2) is 0 Å². The predicted octanol–water partition coefficient (Wildman–Crippen LogP) is -1.52. The maximum Gasteiger partial charge on any atom is 0.320 e. The first-order valence-corrected chi connectivity index (χ1v) is 4.98. The molecule has 0 saturated carbocycles. The van der Waals surface area contributed by atoms with Crippen molar-refractivity contribution in [1.82, 2.24) is 15.5 Å². The van der Waals surface area contributed by atoms with Gasteiger partial charge in [0.1, 0.15) is 12.1 Å². The quantitative estimate of drug-likeness (QED) is 0.532. The van der Waals surface area contributed by atoms with E-state index in [4.69, 9.17) is 5.11 Å². The Kier molecular flexibility index (Phi) is 4.05. The highest BCUT2D eigenvalue weighted by molar-refractivity contribution is 5.83. The van der Waals surface area contributed by atoms with Crippen molar-refractivity contribution in [1.29, 1.82) is 0 Å². The SMILES string of the molecule is CNC(=O)C1CNCCN1C(C)C(=O)O. The van der Waals surface area contributed by atoms with E-state index in [9.17, 15) is 9.59 Å². The molecular formula is C9H17N3O3. The number of aliphatic carboxylic acids is 1. The van der Waals surface area contributed by atoms with Gasteiger partial charge in [-0.1, -0.05) is 0 Å². The largest absolute Gasteiger partial charge is 0.480 e. The normalized spacial score (nSPS) is 24.5. The number of nitrogens with one attached hydrogen (secondary N) is 2. The van der Waals surface area contributed by atoms with E-state index in [0.717, 1.165) is 0 Å². The number of carboxylic acids is 1. The number of amides is 1. The molecule has 0 bridgehead atoms. The van der Waals surface area contributed by atoms with Crippen LogP contribution in [0, 0.1) is 0 Å². The number of carboxylic acid groups (broad SMARTS) is 1. The minimum Gasteiger partial charge on any atom is -0.480 e. The molecule has 1 heterocycles. The molecule has 1 aliphatic heterocycles. The lowest BCUT2D eigenvalue weighted by Gasteiger charge is -2.37. The number of carbonyl (C=O) groups is 2. The smallest absolute Gasteiger partial charge is 0.320 e. The highest BCUT2D eigenvalue weighted by Gasteiger charge is 2.33. The fraction of sp³-hybridized carbons (Fsp3) is 0.778. The molecule has 0 aromatic heterocycles. The number of nitrogens with zero attached hydrogens (tertiary/aromatic N) is 1. The lowest BCUT2D eigenvalue weighted by molar-refractivity contribution is -0.145. The number of hydrogen-bond donors (Lipinski definition) is 3. The van der Waals surface area contributed by atoms with Crippen LogP contribution in [0.25, 0.3) is 0 Å². The summed E-state index contributed by atoms with van der Waals surface area (Å²) >= 11 is 0. The molecule has 1 rings (SSSR count). The van der Waals surface area contributed by atoms with Crippen LogP contribution >= 0.6 is 0 Å². The molecule has 1 saturated heterocycles. The van der Waals surface area contributed by atoms with Gasteiger partial charge in [0.05, 0.1) is 0 Å². The van der Waals surface area contributed by atoms with Crippen molar-refractivity contribution >= 4 is 11.9 Å². The zero-order valence-electron chi connectivity index (χ0n) is 8.99. The molecule has 6 nitrogen and oxygen atoms in total. The molecule has 0 aromatic rings. The van der Waals surface area contributed by atoms with Gasteiger partial charge in [0.15, 0.2) is 0 Å². The monoisotopic (exact) mass is 215 g/mol. The Morgan fingerprint density at radius 2 is 2.27 bits per heavy atom. The summed E-state index contributed by atoms with van der Waals surface area (Å²) in [7, 11) is 1.56. The third kappa shape index (κ3) is 2.66. The van der Waals surface area contributed by atoms with Gasteiger partial charge in [-0.2, -0.15) is 0 Å². The summed E-state index contributed by atoms with van der Waals surface area (Å²) in [4.78, 5) is 24.1. The van der Waals surface area contributed by atoms with E-state index in [1.54, 1.807) is 18.9 Å². The van der Waals surface area contributed by atoms with Gasteiger partial charge < -0.3 is 15.7 Å². The van der Waals surface area contributed by atoms with E-state index in [2.05, 4.69) is 10.6 Å². The van der Waals surface area contributed by atoms with Crippen molar-refractivity contribution in [2.45, 2.75) is 19.0 Å². The summed E-state index contributed by atoms with van der Waals surface area (Å²) in [6, 6.07) is -1.02. The number of piperazine rings is 1. The first-order valence-electron chi connectivity index (χ1n) is 4.98. The Hall–Kier alpha value is -1.14. The second-order valence-corrected chi connectivity index (χ2v) is 3.59. The van der Waals surface area contributed by atoms with Gasteiger partial charge in [-0.25, -0.2) is 0 Å². The average molecular weight is 215 g/mol. The zero-order chi connectivity index (χ0) is 11.4. The van der Waals surface area contributed by atoms with Crippen molar-refractivity contribution in [3.63, 3.8) is 0 Å². The number of carbonyl (C=O) groups excluding carboxylic acids is 1. The van der Waals surface area contributed by atoms with E-state index in [1.165, 1.54) is 0 Å². The van der Waals surface area contributed by atoms with Gasteiger partial charge in [0, 0.05) is 26.7 Å². The molecular weight excluding hydrogens is 198 g/mol. The van der Waals surface area contributed by atoms with Gasteiger partial charge in [-0.05, 0) is 6.92 Å².